The van der Waals surface area contributed by atoms with E-state index in [9.17, 15) is 9.18 Å². The lowest BCUT2D eigenvalue weighted by molar-refractivity contribution is 0.0780. The van der Waals surface area contributed by atoms with Crippen LogP contribution in [0.2, 0.25) is 0 Å². The zero-order valence-corrected chi connectivity index (χ0v) is 11.9. The van der Waals surface area contributed by atoms with Crippen LogP contribution in [0.15, 0.2) is 47.2 Å². The fourth-order valence-electron chi connectivity index (χ4n) is 1.71. The summed E-state index contributed by atoms with van der Waals surface area (Å²) in [6, 6.07) is 8.32. The average Bonchev–Trinajstić information content (AvgIpc) is 2.42. The van der Waals surface area contributed by atoms with Crippen molar-refractivity contribution in [3.05, 3.63) is 64.1 Å². The Labute approximate surface area is 119 Å². The minimum absolute atomic E-state index is 0.0610. The van der Waals surface area contributed by atoms with E-state index in [-0.39, 0.29) is 15.9 Å². The molecule has 0 fully saturated rings. The number of nitrogens with zero attached hydrogens (tertiary/aromatic N) is 2. The van der Waals surface area contributed by atoms with Gasteiger partial charge >= 0.3 is 0 Å². The molecule has 0 saturated heterocycles. The molecule has 0 unspecified atom stereocenters. The van der Waals surface area contributed by atoms with Crippen LogP contribution >= 0.6 is 15.9 Å². The lowest BCUT2D eigenvalue weighted by Crippen LogP contribution is -2.27. The summed E-state index contributed by atoms with van der Waals surface area (Å²) in [5, 5.41) is 0. The highest BCUT2D eigenvalue weighted by Gasteiger charge is 2.17. The van der Waals surface area contributed by atoms with Gasteiger partial charge in [0, 0.05) is 26.0 Å². The van der Waals surface area contributed by atoms with Crippen molar-refractivity contribution in [2.75, 3.05) is 7.05 Å². The van der Waals surface area contributed by atoms with Crippen LogP contribution in [0.4, 0.5) is 4.39 Å². The predicted octanol–water partition coefficient (Wildman–Crippen LogP) is 3.26. The van der Waals surface area contributed by atoms with Gasteiger partial charge in [-0.3, -0.25) is 9.78 Å². The van der Waals surface area contributed by atoms with Crippen molar-refractivity contribution in [3.63, 3.8) is 0 Å². The molecule has 98 valence electrons. The first kappa shape index (κ1) is 13.7. The Morgan fingerprint density at radius 3 is 2.68 bits per heavy atom. The molecule has 0 aliphatic carbocycles. The zero-order chi connectivity index (χ0) is 13.8. The number of rotatable bonds is 3. The van der Waals surface area contributed by atoms with Crippen molar-refractivity contribution >= 4 is 21.8 Å². The summed E-state index contributed by atoms with van der Waals surface area (Å²) in [5.74, 6) is -0.885. The molecule has 3 nitrogen and oxygen atoms in total. The highest BCUT2D eigenvalue weighted by molar-refractivity contribution is 9.10. The largest absolute Gasteiger partial charge is 0.337 e. The molecule has 0 saturated carbocycles. The van der Waals surface area contributed by atoms with Crippen LogP contribution in [0, 0.1) is 5.82 Å². The molecule has 0 atom stereocenters. The van der Waals surface area contributed by atoms with Gasteiger partial charge in [-0.25, -0.2) is 4.39 Å². The summed E-state index contributed by atoms with van der Waals surface area (Å²) in [5.41, 5.74) is 1.01. The van der Waals surface area contributed by atoms with Crippen LogP contribution in [-0.2, 0) is 6.54 Å². The van der Waals surface area contributed by atoms with E-state index in [2.05, 4.69) is 20.9 Å². The number of halogens is 2. The maximum atomic E-state index is 13.8. The fraction of sp³-hybridized carbons (Fsp3) is 0.143. The van der Waals surface area contributed by atoms with Crippen LogP contribution < -0.4 is 0 Å². The van der Waals surface area contributed by atoms with Crippen molar-refractivity contribution < 1.29 is 9.18 Å². The molecule has 0 aliphatic heterocycles. The minimum Gasteiger partial charge on any atom is -0.337 e. The fourth-order valence-corrected chi connectivity index (χ4v) is 2.07. The second-order valence-corrected chi connectivity index (χ2v) is 4.97. The van der Waals surface area contributed by atoms with E-state index in [4.69, 9.17) is 0 Å². The van der Waals surface area contributed by atoms with Crippen LogP contribution in [0.3, 0.4) is 0 Å². The molecule has 1 heterocycles. The summed E-state index contributed by atoms with van der Waals surface area (Å²) < 4.78 is 14.1. The molecule has 1 amide bonds. The van der Waals surface area contributed by atoms with Gasteiger partial charge in [-0.15, -0.1) is 0 Å². The summed E-state index contributed by atoms with van der Waals surface area (Å²) in [6.07, 6.45) is 3.32. The monoisotopic (exact) mass is 322 g/mol. The van der Waals surface area contributed by atoms with Gasteiger partial charge in [-0.1, -0.05) is 6.07 Å². The van der Waals surface area contributed by atoms with Gasteiger partial charge in [0.2, 0.25) is 0 Å². The number of carbonyl (C=O) groups is 1. The molecule has 0 N–H and O–H groups in total. The number of amides is 1. The van der Waals surface area contributed by atoms with E-state index in [1.54, 1.807) is 31.6 Å². The lowest BCUT2D eigenvalue weighted by atomic mass is 10.1. The molecule has 1 aromatic heterocycles. The van der Waals surface area contributed by atoms with Gasteiger partial charge in [0.15, 0.2) is 0 Å². The number of pyridine rings is 1. The molecule has 19 heavy (non-hydrogen) atoms. The molecular formula is C14H12BrFN2O. The summed E-state index contributed by atoms with van der Waals surface area (Å²) in [6.45, 7) is 0.410. The second-order valence-electron chi connectivity index (χ2n) is 4.12. The molecule has 0 bridgehead atoms. The SMILES string of the molecule is CN(Cc1ccncc1)C(=O)c1cccc(Br)c1F. The third kappa shape index (κ3) is 3.17. The van der Waals surface area contributed by atoms with Gasteiger partial charge in [0.25, 0.3) is 5.91 Å². The topological polar surface area (TPSA) is 33.2 Å². The standard InChI is InChI=1S/C14H12BrFN2O/c1-18(9-10-5-7-17-8-6-10)14(19)11-3-2-4-12(15)13(11)16/h2-8H,9H2,1H3. The molecule has 0 aliphatic rings. The number of hydrogen-bond donors (Lipinski definition) is 0. The Hall–Kier alpha value is -1.75. The normalized spacial score (nSPS) is 10.3. The number of benzene rings is 1. The van der Waals surface area contributed by atoms with Gasteiger partial charge in [-0.2, -0.15) is 0 Å². The molecular weight excluding hydrogens is 311 g/mol. The molecule has 0 spiro atoms. The molecule has 5 heteroatoms. The number of hydrogen-bond acceptors (Lipinski definition) is 2. The van der Waals surface area contributed by atoms with Crippen molar-refractivity contribution in [2.24, 2.45) is 0 Å². The minimum atomic E-state index is -0.533. The molecule has 2 rings (SSSR count). The molecule has 0 radical (unpaired) electrons. The Bertz CT molecular complexity index is 589. The summed E-state index contributed by atoms with van der Waals surface area (Å²) in [4.78, 5) is 17.6. The van der Waals surface area contributed by atoms with Crippen molar-refractivity contribution in [2.45, 2.75) is 6.54 Å². The Morgan fingerprint density at radius 1 is 1.32 bits per heavy atom. The van der Waals surface area contributed by atoms with Crippen molar-refractivity contribution in [3.8, 4) is 0 Å². The smallest absolute Gasteiger partial charge is 0.256 e. The molecule has 1 aromatic carbocycles. The van der Waals surface area contributed by atoms with Crippen LogP contribution in [-0.4, -0.2) is 22.8 Å². The van der Waals surface area contributed by atoms with E-state index in [0.717, 1.165) is 5.56 Å². The van der Waals surface area contributed by atoms with Gasteiger partial charge in [0.05, 0.1) is 10.0 Å². The van der Waals surface area contributed by atoms with Crippen LogP contribution in [0.25, 0.3) is 0 Å². The first-order chi connectivity index (χ1) is 9.09. The first-order valence-electron chi connectivity index (χ1n) is 5.68. The Kier molecular flexibility index (Phi) is 4.27. The van der Waals surface area contributed by atoms with Crippen LogP contribution in [0.5, 0.6) is 0 Å². The first-order valence-corrected chi connectivity index (χ1v) is 6.47. The van der Waals surface area contributed by atoms with E-state index in [0.29, 0.717) is 6.54 Å². The lowest BCUT2D eigenvalue weighted by Gasteiger charge is -2.17. The second kappa shape index (κ2) is 5.93. The van der Waals surface area contributed by atoms with Crippen molar-refractivity contribution in [1.29, 1.82) is 0 Å². The van der Waals surface area contributed by atoms with E-state index in [1.165, 1.54) is 11.0 Å². The summed E-state index contributed by atoms with van der Waals surface area (Å²) in [7, 11) is 1.64. The third-order valence-corrected chi connectivity index (χ3v) is 3.31. The van der Waals surface area contributed by atoms with Crippen LogP contribution in [0.1, 0.15) is 15.9 Å². The van der Waals surface area contributed by atoms with Crippen molar-refractivity contribution in [1.82, 2.24) is 9.88 Å². The maximum Gasteiger partial charge on any atom is 0.256 e. The molecule has 2 aromatic rings. The Balaban J connectivity index is 2.18. The quantitative estimate of drug-likeness (QED) is 0.869. The van der Waals surface area contributed by atoms with Gasteiger partial charge in [-0.05, 0) is 45.8 Å². The van der Waals surface area contributed by atoms with E-state index in [1.807, 2.05) is 12.1 Å². The predicted molar refractivity (Wildman–Crippen MR) is 74.1 cm³/mol. The third-order valence-electron chi connectivity index (χ3n) is 2.70. The van der Waals surface area contributed by atoms with Gasteiger partial charge in [0.1, 0.15) is 5.82 Å². The van der Waals surface area contributed by atoms with E-state index >= 15 is 0 Å². The number of carbonyl (C=O) groups excluding carboxylic acids is 1. The van der Waals surface area contributed by atoms with E-state index < -0.39 is 5.82 Å². The highest BCUT2D eigenvalue weighted by atomic mass is 79.9. The Morgan fingerprint density at radius 2 is 2.00 bits per heavy atom. The average molecular weight is 323 g/mol. The highest BCUT2D eigenvalue weighted by Crippen LogP contribution is 2.20. The zero-order valence-electron chi connectivity index (χ0n) is 10.3. The van der Waals surface area contributed by atoms with Gasteiger partial charge < -0.3 is 4.90 Å². The number of aromatic nitrogens is 1. The maximum absolute atomic E-state index is 13.8. The summed E-state index contributed by atoms with van der Waals surface area (Å²) >= 11 is 3.08.